The zero-order valence-corrected chi connectivity index (χ0v) is 18.9. The van der Waals surface area contributed by atoms with Gasteiger partial charge in [-0.3, -0.25) is 9.59 Å². The molecule has 4 saturated carbocycles. The zero-order valence-electron chi connectivity index (χ0n) is 18.9. The van der Waals surface area contributed by atoms with Crippen molar-refractivity contribution < 1.29 is 14.3 Å². The van der Waals surface area contributed by atoms with Gasteiger partial charge in [-0.15, -0.1) is 0 Å². The van der Waals surface area contributed by atoms with Gasteiger partial charge < -0.3 is 14.5 Å². The summed E-state index contributed by atoms with van der Waals surface area (Å²) in [6.07, 6.45) is 8.74. The maximum absolute atomic E-state index is 13.7. The van der Waals surface area contributed by atoms with E-state index in [1.54, 1.807) is 0 Å². The summed E-state index contributed by atoms with van der Waals surface area (Å²) in [5.41, 5.74) is 0.940. The predicted octanol–water partition coefficient (Wildman–Crippen LogP) is 3.91. The Morgan fingerprint density at radius 1 is 0.903 bits per heavy atom. The average molecular weight is 425 g/mol. The molecule has 5 aliphatic rings. The van der Waals surface area contributed by atoms with Crippen molar-refractivity contribution in [1.82, 2.24) is 9.80 Å². The third-order valence-electron chi connectivity index (χ3n) is 8.22. The van der Waals surface area contributed by atoms with Crippen LogP contribution in [0.1, 0.15) is 57.4 Å². The molecule has 5 heteroatoms. The van der Waals surface area contributed by atoms with Gasteiger partial charge in [0.2, 0.25) is 11.8 Å². The first-order valence-electron chi connectivity index (χ1n) is 12.3. The molecular weight excluding hydrogens is 388 g/mol. The lowest BCUT2D eigenvalue weighted by Crippen LogP contribution is -2.55. The Bertz CT molecular complexity index is 783. The Morgan fingerprint density at radius 2 is 1.48 bits per heavy atom. The standard InChI is InChI=1S/C26H36N2O3/c1-2-31-23-6-4-19(5-7-23)15-24(29)27-8-3-9-28(11-10-27)25(30)26-16-20-12-21(17-26)14-22(13-20)18-26/h4-7,20-22H,2-3,8-18H2,1H3. The van der Waals surface area contributed by atoms with Gasteiger partial charge in [0.1, 0.15) is 5.75 Å². The van der Waals surface area contributed by atoms with Crippen molar-refractivity contribution in [2.24, 2.45) is 23.2 Å². The summed E-state index contributed by atoms with van der Waals surface area (Å²) in [5.74, 6) is 3.77. The van der Waals surface area contributed by atoms with Crippen molar-refractivity contribution >= 4 is 11.8 Å². The van der Waals surface area contributed by atoms with Crippen LogP contribution in [0.4, 0.5) is 0 Å². The maximum Gasteiger partial charge on any atom is 0.228 e. The van der Waals surface area contributed by atoms with Gasteiger partial charge in [-0.05, 0) is 87.3 Å². The average Bonchev–Trinajstić information content (AvgIpc) is 3.00. The molecule has 2 amide bonds. The Kier molecular flexibility index (Phi) is 5.70. The summed E-state index contributed by atoms with van der Waals surface area (Å²) in [5, 5.41) is 0. The van der Waals surface area contributed by atoms with Crippen molar-refractivity contribution in [3.8, 4) is 5.75 Å². The predicted molar refractivity (Wildman–Crippen MR) is 120 cm³/mol. The Balaban J connectivity index is 1.18. The van der Waals surface area contributed by atoms with Crippen LogP contribution < -0.4 is 4.74 Å². The van der Waals surface area contributed by atoms with Crippen LogP contribution in [-0.4, -0.2) is 54.4 Å². The highest BCUT2D eigenvalue weighted by Crippen LogP contribution is 2.60. The number of ether oxygens (including phenoxy) is 1. The number of rotatable bonds is 5. The number of nitrogens with zero attached hydrogens (tertiary/aromatic N) is 2. The number of benzene rings is 1. The molecule has 1 aromatic carbocycles. The van der Waals surface area contributed by atoms with E-state index >= 15 is 0 Å². The second-order valence-corrected chi connectivity index (χ2v) is 10.5. The van der Waals surface area contributed by atoms with Crippen LogP contribution in [-0.2, 0) is 16.0 Å². The summed E-state index contributed by atoms with van der Waals surface area (Å²) < 4.78 is 5.49. The fourth-order valence-electron chi connectivity index (χ4n) is 7.23. The second kappa shape index (κ2) is 8.48. The first kappa shape index (κ1) is 20.8. The lowest BCUT2D eigenvalue weighted by Gasteiger charge is -2.56. The lowest BCUT2D eigenvalue weighted by atomic mass is 9.49. The summed E-state index contributed by atoms with van der Waals surface area (Å²) in [6, 6.07) is 7.81. The fraction of sp³-hybridized carbons (Fsp3) is 0.692. The molecule has 168 valence electrons. The van der Waals surface area contributed by atoms with Crippen LogP contribution in [0.2, 0.25) is 0 Å². The molecule has 0 aromatic heterocycles. The smallest absolute Gasteiger partial charge is 0.228 e. The molecule has 0 N–H and O–H groups in total. The van der Waals surface area contributed by atoms with Gasteiger partial charge in [0.15, 0.2) is 0 Å². The van der Waals surface area contributed by atoms with E-state index in [1.165, 1.54) is 19.3 Å². The molecule has 0 unspecified atom stereocenters. The van der Waals surface area contributed by atoms with E-state index in [0.717, 1.165) is 67.8 Å². The third-order valence-corrected chi connectivity index (χ3v) is 8.22. The Hall–Kier alpha value is -2.04. The molecule has 0 spiro atoms. The molecule has 31 heavy (non-hydrogen) atoms. The van der Waals surface area contributed by atoms with Crippen LogP contribution in [0.15, 0.2) is 24.3 Å². The zero-order chi connectivity index (χ0) is 21.4. The highest BCUT2D eigenvalue weighted by atomic mass is 16.5. The SMILES string of the molecule is CCOc1ccc(CC(=O)N2CCCN(C(=O)C34CC5CC(CC(C5)C3)C4)CC2)cc1. The van der Waals surface area contributed by atoms with Gasteiger partial charge in [-0.25, -0.2) is 0 Å². The van der Waals surface area contributed by atoms with E-state index in [1.807, 2.05) is 36.1 Å². The molecule has 5 nitrogen and oxygen atoms in total. The summed E-state index contributed by atoms with van der Waals surface area (Å²) in [7, 11) is 0. The number of carbonyl (C=O) groups excluding carboxylic acids is 2. The quantitative estimate of drug-likeness (QED) is 0.720. The highest BCUT2D eigenvalue weighted by Gasteiger charge is 2.55. The molecule has 1 heterocycles. The van der Waals surface area contributed by atoms with Crippen molar-refractivity contribution in [1.29, 1.82) is 0 Å². The molecule has 4 bridgehead atoms. The molecule has 1 aliphatic heterocycles. The van der Waals surface area contributed by atoms with E-state index in [4.69, 9.17) is 4.74 Å². The minimum atomic E-state index is -0.0732. The molecule has 0 radical (unpaired) electrons. The number of hydrogen-bond donors (Lipinski definition) is 0. The van der Waals surface area contributed by atoms with E-state index in [2.05, 4.69) is 4.90 Å². The van der Waals surface area contributed by atoms with E-state index in [9.17, 15) is 9.59 Å². The molecule has 5 fully saturated rings. The van der Waals surface area contributed by atoms with Crippen LogP contribution in [0, 0.1) is 23.2 Å². The minimum absolute atomic E-state index is 0.0732. The van der Waals surface area contributed by atoms with Gasteiger partial charge >= 0.3 is 0 Å². The minimum Gasteiger partial charge on any atom is -0.494 e. The normalized spacial score (nSPS) is 32.1. The van der Waals surface area contributed by atoms with Crippen molar-refractivity contribution in [2.45, 2.75) is 58.3 Å². The third kappa shape index (κ3) is 4.20. The number of amides is 2. The van der Waals surface area contributed by atoms with Crippen molar-refractivity contribution in [3.63, 3.8) is 0 Å². The highest BCUT2D eigenvalue weighted by molar-refractivity contribution is 5.84. The Morgan fingerprint density at radius 3 is 2.10 bits per heavy atom. The second-order valence-electron chi connectivity index (χ2n) is 10.5. The van der Waals surface area contributed by atoms with Gasteiger partial charge in [-0.1, -0.05) is 12.1 Å². The molecular formula is C26H36N2O3. The molecule has 1 aromatic rings. The van der Waals surface area contributed by atoms with Gasteiger partial charge in [-0.2, -0.15) is 0 Å². The summed E-state index contributed by atoms with van der Waals surface area (Å²) in [4.78, 5) is 30.7. The Labute approximate surface area is 186 Å². The van der Waals surface area contributed by atoms with Crippen LogP contribution in [0.3, 0.4) is 0 Å². The van der Waals surface area contributed by atoms with Gasteiger partial charge in [0, 0.05) is 26.2 Å². The molecule has 0 atom stereocenters. The van der Waals surface area contributed by atoms with E-state index in [0.29, 0.717) is 32.0 Å². The van der Waals surface area contributed by atoms with Gasteiger partial charge in [0.25, 0.3) is 0 Å². The largest absolute Gasteiger partial charge is 0.494 e. The first-order valence-corrected chi connectivity index (χ1v) is 12.3. The monoisotopic (exact) mass is 424 g/mol. The van der Waals surface area contributed by atoms with Crippen molar-refractivity contribution in [2.75, 3.05) is 32.8 Å². The lowest BCUT2D eigenvalue weighted by molar-refractivity contribution is -0.157. The topological polar surface area (TPSA) is 49.9 Å². The van der Waals surface area contributed by atoms with Gasteiger partial charge in [0.05, 0.1) is 18.4 Å². The fourth-order valence-corrected chi connectivity index (χ4v) is 7.23. The van der Waals surface area contributed by atoms with Crippen LogP contribution in [0.25, 0.3) is 0 Å². The van der Waals surface area contributed by atoms with Crippen molar-refractivity contribution in [3.05, 3.63) is 29.8 Å². The molecule has 4 aliphatic carbocycles. The van der Waals surface area contributed by atoms with E-state index in [-0.39, 0.29) is 11.3 Å². The number of hydrogen-bond acceptors (Lipinski definition) is 3. The summed E-state index contributed by atoms with van der Waals surface area (Å²) in [6.45, 7) is 5.51. The summed E-state index contributed by atoms with van der Waals surface area (Å²) >= 11 is 0. The number of carbonyl (C=O) groups is 2. The first-order chi connectivity index (χ1) is 15.0. The maximum atomic E-state index is 13.7. The molecule has 1 saturated heterocycles. The van der Waals surface area contributed by atoms with E-state index < -0.39 is 0 Å². The van der Waals surface area contributed by atoms with Crippen LogP contribution in [0.5, 0.6) is 5.75 Å². The molecule has 6 rings (SSSR count). The van der Waals surface area contributed by atoms with Crippen LogP contribution >= 0.6 is 0 Å².